The lowest BCUT2D eigenvalue weighted by Crippen LogP contribution is -2.29. The number of hydrogen-bond acceptors (Lipinski definition) is 8. The molecule has 11 nitrogen and oxygen atoms in total. The maximum absolute atomic E-state index is 13.4. The molecular weight excluding hydrogens is 481 g/mol. The maximum Gasteiger partial charge on any atom is 0.316 e. The molecule has 0 fully saturated rings. The van der Waals surface area contributed by atoms with E-state index in [9.17, 15) is 18.8 Å². The first-order valence-electron chi connectivity index (χ1n) is 11.1. The molecular formula is C25H22FN7O4. The van der Waals surface area contributed by atoms with Gasteiger partial charge in [0.05, 0.1) is 6.04 Å². The van der Waals surface area contributed by atoms with Gasteiger partial charge in [0.15, 0.2) is 0 Å². The summed E-state index contributed by atoms with van der Waals surface area (Å²) >= 11 is 0. The number of halogens is 1. The molecule has 0 aliphatic rings. The lowest BCUT2D eigenvalue weighted by Gasteiger charge is -2.14. The van der Waals surface area contributed by atoms with Gasteiger partial charge >= 0.3 is 11.8 Å². The summed E-state index contributed by atoms with van der Waals surface area (Å²) < 4.78 is 18.2. The molecule has 4 N–H and O–H groups in total. The van der Waals surface area contributed by atoms with Crippen LogP contribution >= 0.6 is 0 Å². The zero-order chi connectivity index (χ0) is 26.5. The van der Waals surface area contributed by atoms with Crippen LogP contribution < -0.4 is 16.4 Å². The molecule has 4 aromatic rings. The third-order valence-corrected chi connectivity index (χ3v) is 5.46. The molecule has 0 aliphatic carbocycles. The van der Waals surface area contributed by atoms with Crippen LogP contribution in [-0.4, -0.2) is 37.8 Å². The molecule has 0 aliphatic heterocycles. The Morgan fingerprint density at radius 3 is 2.38 bits per heavy atom. The molecule has 0 bridgehead atoms. The first kappa shape index (κ1) is 25.1. The van der Waals surface area contributed by atoms with Crippen LogP contribution in [0.1, 0.15) is 61.3 Å². The van der Waals surface area contributed by atoms with Crippen molar-refractivity contribution in [3.05, 3.63) is 94.6 Å². The van der Waals surface area contributed by atoms with Crippen molar-refractivity contribution in [1.29, 1.82) is 0 Å². The van der Waals surface area contributed by atoms with Gasteiger partial charge in [0.1, 0.15) is 23.5 Å². The molecule has 12 heteroatoms. The second kappa shape index (κ2) is 10.7. The molecule has 3 amide bonds. The van der Waals surface area contributed by atoms with E-state index in [0.717, 1.165) is 17.5 Å². The predicted molar refractivity (Wildman–Crippen MR) is 128 cm³/mol. The van der Waals surface area contributed by atoms with Crippen LogP contribution in [0.15, 0.2) is 59.4 Å². The minimum absolute atomic E-state index is 0.0198. The van der Waals surface area contributed by atoms with E-state index >= 15 is 0 Å². The Balaban J connectivity index is 1.37. The Labute approximate surface area is 210 Å². The second-order valence-electron chi connectivity index (χ2n) is 8.16. The largest absolute Gasteiger partial charge is 0.361 e. The van der Waals surface area contributed by atoms with Crippen molar-refractivity contribution < 1.29 is 23.3 Å². The average Bonchev–Trinajstić information content (AvgIpc) is 3.40. The molecule has 37 heavy (non-hydrogen) atoms. The van der Waals surface area contributed by atoms with Crippen molar-refractivity contribution in [2.75, 3.05) is 0 Å². The van der Waals surface area contributed by atoms with Gasteiger partial charge < -0.3 is 20.9 Å². The Morgan fingerprint density at radius 1 is 1.03 bits per heavy atom. The fraction of sp³-hybridized carbons (Fsp3) is 0.160. The molecule has 0 unspecified atom stereocenters. The van der Waals surface area contributed by atoms with Gasteiger partial charge in [-0.3, -0.25) is 14.4 Å². The number of aromatic nitrogens is 4. The van der Waals surface area contributed by atoms with E-state index in [2.05, 4.69) is 30.7 Å². The fourth-order valence-corrected chi connectivity index (χ4v) is 3.41. The van der Waals surface area contributed by atoms with E-state index in [-0.39, 0.29) is 35.5 Å². The van der Waals surface area contributed by atoms with Crippen LogP contribution in [0, 0.1) is 12.7 Å². The van der Waals surface area contributed by atoms with Gasteiger partial charge in [-0.1, -0.05) is 41.6 Å². The van der Waals surface area contributed by atoms with Gasteiger partial charge in [-0.05, 0) is 36.6 Å². The highest BCUT2D eigenvalue weighted by molar-refractivity contribution is 5.97. The van der Waals surface area contributed by atoms with Gasteiger partial charge in [-0.15, -0.1) is 0 Å². The second-order valence-corrected chi connectivity index (χ2v) is 8.16. The number of amides is 3. The predicted octanol–water partition coefficient (Wildman–Crippen LogP) is 2.49. The van der Waals surface area contributed by atoms with E-state index in [1.165, 1.54) is 12.1 Å². The van der Waals surface area contributed by atoms with Gasteiger partial charge in [0, 0.05) is 18.2 Å². The highest BCUT2D eigenvalue weighted by atomic mass is 19.1. The topological polar surface area (TPSA) is 166 Å². The fourth-order valence-electron chi connectivity index (χ4n) is 3.41. The molecule has 1 atom stereocenters. The zero-order valence-electron chi connectivity index (χ0n) is 19.9. The van der Waals surface area contributed by atoms with Crippen molar-refractivity contribution in [3.8, 4) is 11.4 Å². The van der Waals surface area contributed by atoms with Crippen LogP contribution in [0.25, 0.3) is 11.4 Å². The first-order valence-corrected chi connectivity index (χ1v) is 11.1. The average molecular weight is 503 g/mol. The molecule has 188 valence electrons. The van der Waals surface area contributed by atoms with Crippen LogP contribution in [-0.2, 0) is 6.54 Å². The smallest absolute Gasteiger partial charge is 0.316 e. The number of carbonyl (C=O) groups is 3. The summed E-state index contributed by atoms with van der Waals surface area (Å²) in [4.78, 5) is 48.2. The number of aryl methyl sites for hydroxylation is 1. The molecule has 2 aromatic carbocycles. The van der Waals surface area contributed by atoms with E-state index < -0.39 is 23.8 Å². The number of carbonyl (C=O) groups excluding carboxylic acids is 3. The van der Waals surface area contributed by atoms with Gasteiger partial charge in [-0.25, -0.2) is 14.4 Å². The Kier molecular flexibility index (Phi) is 7.28. The maximum atomic E-state index is 13.4. The molecule has 0 spiro atoms. The number of hydrogen-bond donors (Lipinski definition) is 3. The summed E-state index contributed by atoms with van der Waals surface area (Å²) in [6.07, 6.45) is 1.14. The molecule has 2 aromatic heterocycles. The molecule has 0 radical (unpaired) electrons. The van der Waals surface area contributed by atoms with Crippen LogP contribution in [0.5, 0.6) is 0 Å². The Bertz CT molecular complexity index is 1470. The Hall–Kier alpha value is -5.00. The zero-order valence-corrected chi connectivity index (χ0v) is 19.9. The molecule has 2 heterocycles. The summed E-state index contributed by atoms with van der Waals surface area (Å²) in [6, 6.07) is 12.4. The highest BCUT2D eigenvalue weighted by Gasteiger charge is 2.17. The monoisotopic (exact) mass is 503 g/mol. The van der Waals surface area contributed by atoms with Crippen LogP contribution in [0.2, 0.25) is 0 Å². The SMILES string of the molecule is Cc1cc(CNC(=O)c2cc(C(=O)N[C@@H](C)c3ccc(-c4noc(C(N)=O)n4)cc3)ncn2)ccc1F. The van der Waals surface area contributed by atoms with E-state index in [4.69, 9.17) is 10.3 Å². The quantitative estimate of drug-likeness (QED) is 0.330. The molecule has 0 saturated heterocycles. The van der Waals surface area contributed by atoms with E-state index in [0.29, 0.717) is 11.1 Å². The highest BCUT2D eigenvalue weighted by Crippen LogP contribution is 2.20. The van der Waals surface area contributed by atoms with Crippen molar-refractivity contribution in [2.45, 2.75) is 26.4 Å². The number of nitrogens with one attached hydrogen (secondary N) is 2. The normalized spacial score (nSPS) is 11.5. The minimum atomic E-state index is -0.819. The first-order chi connectivity index (χ1) is 17.7. The minimum Gasteiger partial charge on any atom is -0.361 e. The van der Waals surface area contributed by atoms with Crippen LogP contribution in [0.4, 0.5) is 4.39 Å². The summed E-state index contributed by atoms with van der Waals surface area (Å²) in [5.74, 6) is -2.21. The summed E-state index contributed by atoms with van der Waals surface area (Å²) in [5, 5.41) is 9.23. The van der Waals surface area contributed by atoms with Crippen molar-refractivity contribution in [2.24, 2.45) is 5.73 Å². The van der Waals surface area contributed by atoms with Gasteiger partial charge in [0.25, 0.3) is 11.8 Å². The summed E-state index contributed by atoms with van der Waals surface area (Å²) in [5.41, 5.74) is 7.74. The standard InChI is InChI=1S/C25H22FN7O4/c1-13-9-15(3-8-18(13)26)11-28-23(35)19-10-20(30-12-29-19)24(36)31-14(2)16-4-6-17(7-5-16)22-32-25(21(27)34)37-33-22/h3-10,12,14H,11H2,1-2H3,(H2,27,34)(H,28,35)(H,31,36)/t14-/m0/s1. The summed E-state index contributed by atoms with van der Waals surface area (Å²) in [7, 11) is 0. The third-order valence-electron chi connectivity index (χ3n) is 5.46. The van der Waals surface area contributed by atoms with Crippen molar-refractivity contribution in [3.63, 3.8) is 0 Å². The number of nitrogens with zero attached hydrogens (tertiary/aromatic N) is 4. The molecule has 0 saturated carbocycles. The summed E-state index contributed by atoms with van der Waals surface area (Å²) in [6.45, 7) is 3.60. The molecule has 4 rings (SSSR count). The number of primary amides is 1. The van der Waals surface area contributed by atoms with Crippen LogP contribution in [0.3, 0.4) is 0 Å². The van der Waals surface area contributed by atoms with Gasteiger partial charge in [0.2, 0.25) is 5.82 Å². The van der Waals surface area contributed by atoms with Crippen molar-refractivity contribution in [1.82, 2.24) is 30.7 Å². The lowest BCUT2D eigenvalue weighted by molar-refractivity contribution is 0.0931. The van der Waals surface area contributed by atoms with Crippen molar-refractivity contribution >= 4 is 17.7 Å². The number of benzene rings is 2. The lowest BCUT2D eigenvalue weighted by atomic mass is 10.1. The third kappa shape index (κ3) is 5.99. The van der Waals surface area contributed by atoms with E-state index in [1.54, 1.807) is 50.2 Å². The van der Waals surface area contributed by atoms with Gasteiger partial charge in [-0.2, -0.15) is 4.98 Å². The van der Waals surface area contributed by atoms with E-state index in [1.807, 2.05) is 0 Å². The Morgan fingerprint density at radius 2 is 1.73 bits per heavy atom. The number of nitrogens with two attached hydrogens (primary N) is 1. The number of rotatable bonds is 8.